The Bertz CT molecular complexity index is 1120. The molecule has 0 spiro atoms. The maximum absolute atomic E-state index is 13.4. The summed E-state index contributed by atoms with van der Waals surface area (Å²) in [5.74, 6) is 3.77. The van der Waals surface area contributed by atoms with Crippen molar-refractivity contribution >= 4 is 11.8 Å². The van der Waals surface area contributed by atoms with Gasteiger partial charge >= 0.3 is 0 Å². The van der Waals surface area contributed by atoms with Gasteiger partial charge < -0.3 is 15.2 Å². The molecule has 2 unspecified atom stereocenters. The van der Waals surface area contributed by atoms with Crippen molar-refractivity contribution in [2.75, 3.05) is 26.3 Å². The number of hydroxylamine groups is 1. The summed E-state index contributed by atoms with van der Waals surface area (Å²) in [6.07, 6.45) is -3.38. The van der Waals surface area contributed by atoms with E-state index < -0.39 is 29.4 Å². The van der Waals surface area contributed by atoms with Gasteiger partial charge in [0.25, 0.3) is 18.2 Å². The maximum atomic E-state index is 13.4. The molecule has 192 valence electrons. The van der Waals surface area contributed by atoms with E-state index in [2.05, 4.69) is 22.1 Å². The van der Waals surface area contributed by atoms with E-state index in [9.17, 15) is 23.5 Å². The molecule has 2 aromatic rings. The highest BCUT2D eigenvalue weighted by Gasteiger charge is 2.56. The summed E-state index contributed by atoms with van der Waals surface area (Å²) in [6.45, 7) is 5.77. The third-order valence-electron chi connectivity index (χ3n) is 6.32. The molecule has 1 aliphatic rings. The number of nitrogens with zero attached hydrogens (tertiary/aromatic N) is 1. The van der Waals surface area contributed by atoms with Crippen LogP contribution >= 0.6 is 0 Å². The van der Waals surface area contributed by atoms with Gasteiger partial charge in [0.15, 0.2) is 11.1 Å². The van der Waals surface area contributed by atoms with Crippen LogP contribution in [0.15, 0.2) is 48.5 Å². The van der Waals surface area contributed by atoms with Crippen LogP contribution in [0, 0.1) is 11.8 Å². The van der Waals surface area contributed by atoms with Crippen molar-refractivity contribution in [3.05, 3.63) is 70.8 Å². The van der Waals surface area contributed by atoms with E-state index in [-0.39, 0.29) is 5.56 Å². The number of nitrogens with one attached hydrogen (secondary N) is 2. The van der Waals surface area contributed by atoms with E-state index >= 15 is 0 Å². The number of hydrogen-bond acceptors (Lipinski definition) is 6. The molecule has 4 N–H and O–H groups in total. The van der Waals surface area contributed by atoms with Crippen LogP contribution in [0.1, 0.15) is 40.9 Å². The first-order chi connectivity index (χ1) is 17.1. The molecule has 1 fully saturated rings. The number of alkyl halides is 2. The van der Waals surface area contributed by atoms with Gasteiger partial charge in [-0.15, -0.1) is 0 Å². The Kier molecular flexibility index (Phi) is 8.76. The van der Waals surface area contributed by atoms with Crippen molar-refractivity contribution in [1.29, 1.82) is 0 Å². The minimum Gasteiger partial charge on any atom is -0.381 e. The van der Waals surface area contributed by atoms with E-state index in [1.165, 1.54) is 23.2 Å². The molecule has 1 aliphatic heterocycles. The fraction of sp³-hybridized carbons (Fsp3) is 0.385. The van der Waals surface area contributed by atoms with Crippen LogP contribution in [0.25, 0.3) is 0 Å². The zero-order valence-corrected chi connectivity index (χ0v) is 20.1. The molecule has 10 heteroatoms. The molecule has 3 rings (SSSR count). The van der Waals surface area contributed by atoms with Crippen molar-refractivity contribution < 1.29 is 33.4 Å². The molecule has 1 heterocycles. The third kappa shape index (κ3) is 6.25. The second-order valence-electron chi connectivity index (χ2n) is 8.88. The van der Waals surface area contributed by atoms with Gasteiger partial charge in [-0.3, -0.25) is 19.7 Å². The fourth-order valence-electron chi connectivity index (χ4n) is 3.60. The Hall–Kier alpha value is -3.36. The summed E-state index contributed by atoms with van der Waals surface area (Å²) in [5, 5.41) is 21.2. The molecule has 0 bridgehead atoms. The minimum atomic E-state index is -3.38. The highest BCUT2D eigenvalue weighted by atomic mass is 19.3. The first kappa shape index (κ1) is 27.2. The average Bonchev–Trinajstić information content (AvgIpc) is 2.88. The molecule has 2 aromatic carbocycles. The van der Waals surface area contributed by atoms with Crippen LogP contribution < -0.4 is 10.8 Å². The Morgan fingerprint density at radius 3 is 2.06 bits per heavy atom. The van der Waals surface area contributed by atoms with E-state index in [0.29, 0.717) is 12.5 Å². The van der Waals surface area contributed by atoms with Crippen LogP contribution in [0.4, 0.5) is 8.78 Å². The molecule has 2 amide bonds. The van der Waals surface area contributed by atoms with Crippen LogP contribution in [-0.2, 0) is 16.1 Å². The number of hydrogen-bond donors (Lipinski definition) is 4. The molecule has 0 aromatic heterocycles. The largest absolute Gasteiger partial charge is 0.381 e. The number of ether oxygens (including phenoxy) is 1. The maximum Gasteiger partial charge on any atom is 0.272 e. The number of carbonyl (C=O) groups excluding carboxylic acids is 2. The van der Waals surface area contributed by atoms with Crippen molar-refractivity contribution in [3.8, 4) is 11.8 Å². The monoisotopic (exact) mass is 501 g/mol. The number of rotatable bonds is 7. The van der Waals surface area contributed by atoms with Gasteiger partial charge in [0.1, 0.15) is 0 Å². The SMILES string of the molecule is CC(NC(=O)c1ccc(C#Cc2ccc(CN3CCOCC3)cc2)cc1)(C(=O)NO)C(C)(O)C(F)F. The van der Waals surface area contributed by atoms with Gasteiger partial charge in [0.05, 0.1) is 13.2 Å². The van der Waals surface area contributed by atoms with Crippen LogP contribution in [-0.4, -0.2) is 70.9 Å². The molecular weight excluding hydrogens is 472 g/mol. The molecule has 36 heavy (non-hydrogen) atoms. The molecular formula is C26H29F2N3O5. The van der Waals surface area contributed by atoms with Crippen LogP contribution in [0.3, 0.4) is 0 Å². The topological polar surface area (TPSA) is 111 Å². The van der Waals surface area contributed by atoms with Gasteiger partial charge in [-0.1, -0.05) is 24.0 Å². The summed E-state index contributed by atoms with van der Waals surface area (Å²) in [5.41, 5.74) is -1.59. The van der Waals surface area contributed by atoms with E-state index in [0.717, 1.165) is 45.3 Å². The number of carbonyl (C=O) groups is 2. The minimum absolute atomic E-state index is 0.0510. The number of halogens is 2. The van der Waals surface area contributed by atoms with Gasteiger partial charge in [-0.2, -0.15) is 0 Å². The second kappa shape index (κ2) is 11.6. The fourth-order valence-corrected chi connectivity index (χ4v) is 3.60. The van der Waals surface area contributed by atoms with Crippen molar-refractivity contribution in [2.24, 2.45) is 0 Å². The van der Waals surface area contributed by atoms with Crippen molar-refractivity contribution in [1.82, 2.24) is 15.7 Å². The zero-order chi connectivity index (χ0) is 26.3. The summed E-state index contributed by atoms with van der Waals surface area (Å²) in [7, 11) is 0. The third-order valence-corrected chi connectivity index (χ3v) is 6.32. The standard InChI is InChI=1S/C26H29F2N3O5/c1-25(24(33)30-35,26(2,34)23(27)28)29-22(32)21-11-9-19(10-12-21)4-3-18-5-7-20(8-6-18)17-31-13-15-36-16-14-31/h5-12,23,34-35H,13-17H2,1-2H3,(H,29,32)(H,30,33). The number of amides is 2. The van der Waals surface area contributed by atoms with Crippen molar-refractivity contribution in [2.45, 2.75) is 38.0 Å². The molecule has 1 saturated heterocycles. The lowest BCUT2D eigenvalue weighted by Crippen LogP contribution is -2.70. The van der Waals surface area contributed by atoms with E-state index in [1.807, 2.05) is 24.3 Å². The van der Waals surface area contributed by atoms with Crippen molar-refractivity contribution in [3.63, 3.8) is 0 Å². The lowest BCUT2D eigenvalue weighted by atomic mass is 9.81. The summed E-state index contributed by atoms with van der Waals surface area (Å²) in [6, 6.07) is 13.9. The second-order valence-corrected chi connectivity index (χ2v) is 8.88. The molecule has 2 atom stereocenters. The predicted octanol–water partition coefficient (Wildman–Crippen LogP) is 1.93. The first-order valence-electron chi connectivity index (χ1n) is 11.4. The van der Waals surface area contributed by atoms with Crippen LogP contribution in [0.5, 0.6) is 0 Å². The molecule has 0 radical (unpaired) electrons. The number of benzene rings is 2. The highest BCUT2D eigenvalue weighted by Crippen LogP contribution is 2.29. The Morgan fingerprint density at radius 2 is 1.56 bits per heavy atom. The lowest BCUT2D eigenvalue weighted by Gasteiger charge is -2.40. The Labute approximate surface area is 208 Å². The molecule has 0 aliphatic carbocycles. The first-order valence-corrected chi connectivity index (χ1v) is 11.4. The number of morpholine rings is 1. The predicted molar refractivity (Wildman–Crippen MR) is 127 cm³/mol. The lowest BCUT2D eigenvalue weighted by molar-refractivity contribution is -0.165. The number of aliphatic hydroxyl groups is 1. The van der Waals surface area contributed by atoms with E-state index in [4.69, 9.17) is 9.94 Å². The Balaban J connectivity index is 1.66. The quantitative estimate of drug-likeness (QED) is 0.262. The van der Waals surface area contributed by atoms with Gasteiger partial charge in [0.2, 0.25) is 0 Å². The highest BCUT2D eigenvalue weighted by molar-refractivity contribution is 5.99. The average molecular weight is 502 g/mol. The molecule has 8 nitrogen and oxygen atoms in total. The van der Waals surface area contributed by atoms with Crippen LogP contribution in [0.2, 0.25) is 0 Å². The van der Waals surface area contributed by atoms with Gasteiger partial charge in [-0.25, -0.2) is 14.3 Å². The summed E-state index contributed by atoms with van der Waals surface area (Å²) >= 11 is 0. The normalized spacial score (nSPS) is 17.3. The Morgan fingerprint density at radius 1 is 1.03 bits per heavy atom. The van der Waals surface area contributed by atoms with Gasteiger partial charge in [-0.05, 0) is 55.8 Å². The summed E-state index contributed by atoms with van der Waals surface area (Å²) < 4.78 is 32.1. The smallest absolute Gasteiger partial charge is 0.272 e. The molecule has 0 saturated carbocycles. The van der Waals surface area contributed by atoms with Gasteiger partial charge in [0, 0.05) is 36.3 Å². The summed E-state index contributed by atoms with van der Waals surface area (Å²) in [4.78, 5) is 27.0. The van der Waals surface area contributed by atoms with E-state index in [1.54, 1.807) is 12.1 Å². The zero-order valence-electron chi connectivity index (χ0n) is 20.1.